The molecular formula is C20H15ClN2O3S. The van der Waals surface area contributed by atoms with Crippen LogP contribution in [-0.2, 0) is 11.4 Å². The number of fused-ring (bicyclic) bond motifs is 1. The van der Waals surface area contributed by atoms with Gasteiger partial charge in [-0.05, 0) is 36.8 Å². The number of hydrogen-bond donors (Lipinski definition) is 2. The Morgan fingerprint density at radius 3 is 2.70 bits per heavy atom. The van der Waals surface area contributed by atoms with Crippen LogP contribution in [0.25, 0.3) is 16.7 Å². The van der Waals surface area contributed by atoms with Gasteiger partial charge in [0.25, 0.3) is 5.91 Å². The van der Waals surface area contributed by atoms with Crippen molar-refractivity contribution < 1.29 is 14.6 Å². The summed E-state index contributed by atoms with van der Waals surface area (Å²) in [6, 6.07) is 11.1. The first kappa shape index (κ1) is 17.6. The lowest BCUT2D eigenvalue weighted by Gasteiger charge is -2.10. The molecule has 0 fully saturated rings. The first-order chi connectivity index (χ1) is 13.0. The van der Waals surface area contributed by atoms with Gasteiger partial charge in [-0.2, -0.15) is 0 Å². The van der Waals surface area contributed by atoms with E-state index in [2.05, 4.69) is 10.3 Å². The van der Waals surface area contributed by atoms with E-state index in [-0.39, 0.29) is 17.2 Å². The minimum Gasteiger partial charge on any atom is -0.512 e. The maximum atomic E-state index is 12.1. The van der Waals surface area contributed by atoms with Crippen LogP contribution in [0.3, 0.4) is 0 Å². The van der Waals surface area contributed by atoms with Gasteiger partial charge >= 0.3 is 0 Å². The zero-order valence-corrected chi connectivity index (χ0v) is 15.9. The van der Waals surface area contributed by atoms with E-state index in [1.165, 1.54) is 6.92 Å². The van der Waals surface area contributed by atoms with Crippen LogP contribution in [0.5, 0.6) is 5.75 Å². The molecule has 2 aromatic carbocycles. The molecule has 0 bridgehead atoms. The lowest BCUT2D eigenvalue weighted by Crippen LogP contribution is -2.05. The second-order valence-corrected chi connectivity index (χ2v) is 7.45. The summed E-state index contributed by atoms with van der Waals surface area (Å²) in [5, 5.41) is 13.1. The van der Waals surface area contributed by atoms with E-state index >= 15 is 0 Å². The number of thiazole rings is 1. The molecule has 4 rings (SSSR count). The molecule has 27 heavy (non-hydrogen) atoms. The van der Waals surface area contributed by atoms with E-state index in [0.29, 0.717) is 22.9 Å². The highest BCUT2D eigenvalue weighted by Crippen LogP contribution is 2.40. The Balaban J connectivity index is 1.62. The normalized spacial score (nSPS) is 14.7. The van der Waals surface area contributed by atoms with E-state index in [9.17, 15) is 9.90 Å². The number of nitrogens with zero attached hydrogens (tertiary/aromatic N) is 1. The number of aliphatic hydroxyl groups is 1. The van der Waals surface area contributed by atoms with Crippen LogP contribution in [0.4, 0.5) is 5.69 Å². The number of amides is 1. The highest BCUT2D eigenvalue weighted by molar-refractivity contribution is 7.09. The summed E-state index contributed by atoms with van der Waals surface area (Å²) in [6.45, 7) is 1.97. The van der Waals surface area contributed by atoms with Crippen molar-refractivity contribution in [3.05, 3.63) is 69.3 Å². The van der Waals surface area contributed by atoms with Gasteiger partial charge in [0.1, 0.15) is 18.1 Å². The van der Waals surface area contributed by atoms with E-state index in [1.54, 1.807) is 29.1 Å². The Morgan fingerprint density at radius 1 is 1.26 bits per heavy atom. The monoisotopic (exact) mass is 398 g/mol. The smallest absolute Gasteiger partial charge is 0.259 e. The van der Waals surface area contributed by atoms with Gasteiger partial charge in [0.05, 0.1) is 26.7 Å². The molecular weight excluding hydrogens is 384 g/mol. The predicted molar refractivity (Wildman–Crippen MR) is 107 cm³/mol. The van der Waals surface area contributed by atoms with Crippen molar-refractivity contribution in [1.82, 2.24) is 4.98 Å². The molecule has 0 saturated heterocycles. The van der Waals surface area contributed by atoms with Crippen molar-refractivity contribution in [1.29, 1.82) is 0 Å². The number of carbonyl (C=O) groups excluding carboxylic acids is 1. The zero-order chi connectivity index (χ0) is 19.0. The van der Waals surface area contributed by atoms with Gasteiger partial charge in [-0.15, -0.1) is 11.3 Å². The molecule has 3 aromatic rings. The first-order valence-corrected chi connectivity index (χ1v) is 9.44. The number of ether oxygens (including phenoxy) is 1. The molecule has 5 nitrogen and oxygen atoms in total. The molecule has 1 aliphatic heterocycles. The number of allylic oxidation sites excluding steroid dienone is 1. The molecule has 7 heteroatoms. The molecule has 0 atom stereocenters. The third-order valence-corrected chi connectivity index (χ3v) is 5.31. The number of carbonyl (C=O) groups is 1. The topological polar surface area (TPSA) is 71.5 Å². The average Bonchev–Trinajstić information content (AvgIpc) is 3.26. The Labute approximate surface area is 164 Å². The summed E-state index contributed by atoms with van der Waals surface area (Å²) in [4.78, 5) is 17.1. The van der Waals surface area contributed by atoms with Crippen LogP contribution in [0.1, 0.15) is 17.4 Å². The van der Waals surface area contributed by atoms with Crippen molar-refractivity contribution in [2.45, 2.75) is 13.5 Å². The van der Waals surface area contributed by atoms with Crippen molar-refractivity contribution in [3.63, 3.8) is 0 Å². The quantitative estimate of drug-likeness (QED) is 0.463. The van der Waals surface area contributed by atoms with Gasteiger partial charge in [0.15, 0.2) is 0 Å². The van der Waals surface area contributed by atoms with Crippen LogP contribution in [0.15, 0.2) is 53.9 Å². The largest absolute Gasteiger partial charge is 0.512 e. The first-order valence-electron chi connectivity index (χ1n) is 8.18. The van der Waals surface area contributed by atoms with E-state index in [1.807, 2.05) is 30.3 Å². The standard InChI is InChI=1S/C20H15ClN2O3S/c1-11(24)19-16-6-15(17(21)7-18(16)23-20(19)25)12-2-4-13(5-3-12)26-9-14-8-22-10-27-14/h2-8,10,24H,9H2,1H3,(H,23,25)/b19-11+. The van der Waals surface area contributed by atoms with Gasteiger partial charge in [0.2, 0.25) is 0 Å². The molecule has 2 heterocycles. The summed E-state index contributed by atoms with van der Waals surface area (Å²) in [5.74, 6) is 0.393. The van der Waals surface area contributed by atoms with Gasteiger partial charge in [0, 0.05) is 17.3 Å². The SMILES string of the molecule is C/C(O)=C1\C(=O)Nc2cc(Cl)c(-c3ccc(OCc4cncs4)cc3)cc21. The number of rotatable bonds is 4. The lowest BCUT2D eigenvalue weighted by atomic mass is 9.99. The molecule has 136 valence electrons. The highest BCUT2D eigenvalue weighted by atomic mass is 35.5. The molecule has 0 radical (unpaired) electrons. The number of hydrogen-bond acceptors (Lipinski definition) is 5. The van der Waals surface area contributed by atoms with Crippen LogP contribution >= 0.6 is 22.9 Å². The van der Waals surface area contributed by atoms with Gasteiger partial charge in [-0.1, -0.05) is 23.7 Å². The maximum Gasteiger partial charge on any atom is 0.259 e. The molecule has 0 aliphatic carbocycles. The summed E-state index contributed by atoms with van der Waals surface area (Å²) < 4.78 is 5.75. The lowest BCUT2D eigenvalue weighted by molar-refractivity contribution is -0.110. The molecule has 0 saturated carbocycles. The van der Waals surface area contributed by atoms with Crippen molar-refractivity contribution in [2.24, 2.45) is 0 Å². The van der Waals surface area contributed by atoms with Crippen molar-refractivity contribution in [3.8, 4) is 16.9 Å². The van der Waals surface area contributed by atoms with Crippen molar-refractivity contribution in [2.75, 3.05) is 5.32 Å². The van der Waals surface area contributed by atoms with Gasteiger partial charge < -0.3 is 15.2 Å². The van der Waals surface area contributed by atoms with E-state index in [0.717, 1.165) is 21.8 Å². The number of benzene rings is 2. The molecule has 0 unspecified atom stereocenters. The fraction of sp³-hybridized carbons (Fsp3) is 0.100. The Morgan fingerprint density at radius 2 is 2.04 bits per heavy atom. The Kier molecular flexibility index (Phi) is 4.59. The molecule has 1 aromatic heterocycles. The zero-order valence-electron chi connectivity index (χ0n) is 14.3. The minimum atomic E-state index is -0.329. The van der Waals surface area contributed by atoms with Gasteiger partial charge in [-0.25, -0.2) is 0 Å². The molecule has 0 spiro atoms. The van der Waals surface area contributed by atoms with Crippen LogP contribution in [0.2, 0.25) is 5.02 Å². The number of nitrogens with one attached hydrogen (secondary N) is 1. The predicted octanol–water partition coefficient (Wildman–Crippen LogP) is 5.28. The third-order valence-electron chi connectivity index (χ3n) is 4.24. The fourth-order valence-corrected chi connectivity index (χ4v) is 3.75. The third kappa shape index (κ3) is 3.41. The summed E-state index contributed by atoms with van der Waals surface area (Å²) in [5.41, 5.74) is 4.95. The maximum absolute atomic E-state index is 12.1. The van der Waals surface area contributed by atoms with E-state index < -0.39 is 0 Å². The van der Waals surface area contributed by atoms with Gasteiger partial charge in [-0.3, -0.25) is 9.78 Å². The average molecular weight is 399 g/mol. The highest BCUT2D eigenvalue weighted by Gasteiger charge is 2.28. The Hall–Kier alpha value is -2.83. The van der Waals surface area contributed by atoms with E-state index in [4.69, 9.17) is 16.3 Å². The fourth-order valence-electron chi connectivity index (χ4n) is 2.97. The summed E-state index contributed by atoms with van der Waals surface area (Å²) >= 11 is 7.97. The molecule has 2 N–H and O–H groups in total. The second kappa shape index (κ2) is 7.06. The number of anilines is 1. The van der Waals surface area contributed by atoms with Crippen LogP contribution in [-0.4, -0.2) is 16.0 Å². The summed E-state index contributed by atoms with van der Waals surface area (Å²) in [7, 11) is 0. The molecule has 1 amide bonds. The minimum absolute atomic E-state index is 0.0219. The van der Waals surface area contributed by atoms with Crippen LogP contribution < -0.4 is 10.1 Å². The Bertz CT molecular complexity index is 1040. The number of aliphatic hydroxyl groups excluding tert-OH is 1. The van der Waals surface area contributed by atoms with Crippen molar-refractivity contribution >= 4 is 40.1 Å². The molecule has 1 aliphatic rings. The number of halogens is 1. The summed E-state index contributed by atoms with van der Waals surface area (Å²) in [6.07, 6.45) is 1.78. The van der Waals surface area contributed by atoms with Crippen LogP contribution in [0, 0.1) is 0 Å². The number of aromatic nitrogens is 1. The second-order valence-electron chi connectivity index (χ2n) is 6.07.